The van der Waals surface area contributed by atoms with Gasteiger partial charge in [-0.2, -0.15) is 22.8 Å². The summed E-state index contributed by atoms with van der Waals surface area (Å²) in [5.74, 6) is 0.209. The summed E-state index contributed by atoms with van der Waals surface area (Å²) >= 11 is 0. The van der Waals surface area contributed by atoms with Crippen molar-refractivity contribution in [3.05, 3.63) is 48.0 Å². The van der Waals surface area contributed by atoms with Gasteiger partial charge in [-0.05, 0) is 30.3 Å². The Bertz CT molecular complexity index is 1120. The Hall–Kier alpha value is -3.96. The van der Waals surface area contributed by atoms with E-state index in [-0.39, 0.29) is 23.2 Å². The van der Waals surface area contributed by atoms with Gasteiger partial charge in [-0.1, -0.05) is 6.07 Å². The van der Waals surface area contributed by atoms with Crippen LogP contribution in [0, 0.1) is 0 Å². The maximum atomic E-state index is 12.7. The number of anilines is 3. The van der Waals surface area contributed by atoms with Crippen LogP contribution in [0.5, 0.6) is 17.2 Å². The van der Waals surface area contributed by atoms with Crippen LogP contribution in [0.25, 0.3) is 0 Å². The smallest absolute Gasteiger partial charge is 0.422 e. The molecule has 3 N–H and O–H groups in total. The Morgan fingerprint density at radius 2 is 1.94 bits per heavy atom. The molecule has 2 heterocycles. The fraction of sp³-hybridized carbons (Fsp3) is 0.211. The number of benzene rings is 2. The number of halogens is 3. The van der Waals surface area contributed by atoms with Crippen LogP contribution in [0.1, 0.15) is 10.4 Å². The maximum absolute atomic E-state index is 12.7. The molecular formula is C19H16F3N5O4. The molecule has 31 heavy (non-hydrogen) atoms. The summed E-state index contributed by atoms with van der Waals surface area (Å²) in [6.07, 6.45) is -4.50. The van der Waals surface area contributed by atoms with Crippen molar-refractivity contribution in [3.8, 4) is 17.2 Å². The number of hydrogen-bond donors (Lipinski definition) is 2. The van der Waals surface area contributed by atoms with Crippen LogP contribution in [0.4, 0.5) is 30.8 Å². The number of alkyl halides is 3. The molecule has 0 bridgehead atoms. The van der Waals surface area contributed by atoms with Crippen LogP contribution in [0.15, 0.2) is 42.5 Å². The van der Waals surface area contributed by atoms with Gasteiger partial charge in [0.15, 0.2) is 18.1 Å². The quantitative estimate of drug-likeness (QED) is 0.629. The molecular weight excluding hydrogens is 419 g/mol. The number of carbonyl (C=O) groups is 1. The third-order valence-corrected chi connectivity index (χ3v) is 4.11. The fourth-order valence-corrected chi connectivity index (χ4v) is 2.78. The number of nitrogens with one attached hydrogen (secondary N) is 1. The normalized spacial score (nSPS) is 13.0. The van der Waals surface area contributed by atoms with Gasteiger partial charge < -0.3 is 25.3 Å². The number of rotatable bonds is 5. The molecule has 1 aromatic heterocycles. The zero-order valence-corrected chi connectivity index (χ0v) is 15.8. The van der Waals surface area contributed by atoms with Crippen molar-refractivity contribution >= 4 is 23.5 Å². The molecule has 0 saturated heterocycles. The average Bonchev–Trinajstić information content (AvgIpc) is 3.11. The summed E-state index contributed by atoms with van der Waals surface area (Å²) in [5, 5.41) is 6.94. The molecule has 1 aliphatic rings. The van der Waals surface area contributed by atoms with Crippen LogP contribution in [0.3, 0.4) is 0 Å². The molecule has 0 fully saturated rings. The van der Waals surface area contributed by atoms with Crippen molar-refractivity contribution in [2.45, 2.75) is 6.18 Å². The van der Waals surface area contributed by atoms with Gasteiger partial charge in [-0.25, -0.2) is 0 Å². The molecule has 0 saturated carbocycles. The van der Waals surface area contributed by atoms with E-state index in [0.717, 1.165) is 4.68 Å². The highest BCUT2D eigenvalue weighted by atomic mass is 19.4. The van der Waals surface area contributed by atoms with Gasteiger partial charge in [0.25, 0.3) is 5.91 Å². The third-order valence-electron chi connectivity index (χ3n) is 4.11. The number of carbonyl (C=O) groups excluding carboxylic acids is 1. The van der Waals surface area contributed by atoms with E-state index in [1.54, 1.807) is 18.2 Å². The second kappa shape index (κ2) is 8.05. The van der Waals surface area contributed by atoms with Gasteiger partial charge >= 0.3 is 6.18 Å². The Labute approximate surface area is 173 Å². The van der Waals surface area contributed by atoms with E-state index in [9.17, 15) is 18.0 Å². The van der Waals surface area contributed by atoms with Gasteiger partial charge in [0.1, 0.15) is 19.0 Å². The summed E-state index contributed by atoms with van der Waals surface area (Å²) in [4.78, 5) is 16.7. The Morgan fingerprint density at radius 1 is 1.16 bits per heavy atom. The number of nitrogen functional groups attached to an aromatic ring is 1. The molecule has 0 spiro atoms. The van der Waals surface area contributed by atoms with Crippen LogP contribution in [-0.4, -0.2) is 46.7 Å². The predicted molar refractivity (Wildman–Crippen MR) is 103 cm³/mol. The Kier molecular flexibility index (Phi) is 5.28. The zero-order valence-electron chi connectivity index (χ0n) is 15.8. The van der Waals surface area contributed by atoms with Gasteiger partial charge in [0, 0.05) is 17.3 Å². The molecule has 0 amide bonds. The van der Waals surface area contributed by atoms with Crippen LogP contribution >= 0.6 is 0 Å². The highest BCUT2D eigenvalue weighted by molar-refractivity contribution is 5.97. The first kappa shape index (κ1) is 20.3. The van der Waals surface area contributed by atoms with E-state index in [0.29, 0.717) is 30.4 Å². The van der Waals surface area contributed by atoms with Crippen LogP contribution in [-0.2, 0) is 0 Å². The van der Waals surface area contributed by atoms with E-state index < -0.39 is 18.7 Å². The summed E-state index contributed by atoms with van der Waals surface area (Å²) in [6, 6.07) is 10.4. The predicted octanol–water partition coefficient (Wildman–Crippen LogP) is 3.00. The Balaban J connectivity index is 1.50. The van der Waals surface area contributed by atoms with E-state index >= 15 is 0 Å². The number of ether oxygens (including phenoxy) is 3. The SMILES string of the molecule is Nc1nc(Nc2ccc3c(c2)OCCO3)nn1C(=O)c1cccc(OCC(F)(F)F)c1. The lowest BCUT2D eigenvalue weighted by Gasteiger charge is -2.18. The van der Waals surface area contributed by atoms with Crippen molar-refractivity contribution in [1.82, 2.24) is 14.8 Å². The van der Waals surface area contributed by atoms with E-state index in [1.165, 1.54) is 24.3 Å². The van der Waals surface area contributed by atoms with Crippen molar-refractivity contribution in [2.24, 2.45) is 0 Å². The molecule has 0 atom stereocenters. The van der Waals surface area contributed by atoms with Crippen molar-refractivity contribution in [2.75, 3.05) is 30.9 Å². The first-order chi connectivity index (χ1) is 14.8. The summed E-state index contributed by atoms with van der Waals surface area (Å²) in [5.41, 5.74) is 6.41. The Morgan fingerprint density at radius 3 is 2.71 bits per heavy atom. The van der Waals surface area contributed by atoms with Gasteiger partial charge in [-0.3, -0.25) is 4.79 Å². The van der Waals surface area contributed by atoms with Gasteiger partial charge in [0.2, 0.25) is 11.9 Å². The third kappa shape index (κ3) is 4.79. The molecule has 9 nitrogen and oxygen atoms in total. The number of hydrogen-bond acceptors (Lipinski definition) is 8. The van der Waals surface area contributed by atoms with E-state index in [4.69, 9.17) is 15.2 Å². The largest absolute Gasteiger partial charge is 0.486 e. The molecule has 0 radical (unpaired) electrons. The minimum atomic E-state index is -4.50. The molecule has 3 aromatic rings. The molecule has 12 heteroatoms. The number of nitrogens with two attached hydrogens (primary N) is 1. The standard InChI is InChI=1S/C19H16F3N5O4/c20-19(21,22)10-31-13-3-1-2-11(8-13)16(28)27-17(23)25-18(26-27)24-12-4-5-14-15(9-12)30-7-6-29-14/h1-5,8-9H,6-7,10H2,(H3,23,24,25,26). The molecule has 2 aromatic carbocycles. The van der Waals surface area contributed by atoms with Crippen molar-refractivity contribution in [1.29, 1.82) is 0 Å². The molecule has 0 unspecified atom stereocenters. The van der Waals surface area contributed by atoms with E-state index in [1.807, 2.05) is 0 Å². The van der Waals surface area contributed by atoms with Crippen molar-refractivity contribution in [3.63, 3.8) is 0 Å². The summed E-state index contributed by atoms with van der Waals surface area (Å²) in [6.45, 7) is -0.580. The minimum Gasteiger partial charge on any atom is -0.486 e. The monoisotopic (exact) mass is 435 g/mol. The van der Waals surface area contributed by atoms with Gasteiger partial charge in [0.05, 0.1) is 0 Å². The first-order valence-corrected chi connectivity index (χ1v) is 9.02. The second-order valence-electron chi connectivity index (χ2n) is 6.43. The maximum Gasteiger partial charge on any atom is 0.422 e. The van der Waals surface area contributed by atoms with Crippen molar-refractivity contribution < 1.29 is 32.2 Å². The molecule has 1 aliphatic heterocycles. The minimum absolute atomic E-state index is 0.0298. The first-order valence-electron chi connectivity index (χ1n) is 9.02. The fourth-order valence-electron chi connectivity index (χ4n) is 2.78. The average molecular weight is 435 g/mol. The van der Waals surface area contributed by atoms with Crippen LogP contribution in [0.2, 0.25) is 0 Å². The lowest BCUT2D eigenvalue weighted by Crippen LogP contribution is -2.20. The highest BCUT2D eigenvalue weighted by Gasteiger charge is 2.28. The number of fused-ring (bicyclic) bond motifs is 1. The second-order valence-corrected chi connectivity index (χ2v) is 6.43. The molecule has 162 valence electrons. The zero-order chi connectivity index (χ0) is 22.0. The van der Waals surface area contributed by atoms with Crippen LogP contribution < -0.4 is 25.3 Å². The molecule has 0 aliphatic carbocycles. The van der Waals surface area contributed by atoms with E-state index in [2.05, 4.69) is 20.1 Å². The highest BCUT2D eigenvalue weighted by Crippen LogP contribution is 2.33. The number of nitrogens with zero attached hydrogens (tertiary/aromatic N) is 3. The number of aromatic nitrogens is 3. The topological polar surface area (TPSA) is 114 Å². The summed E-state index contributed by atoms with van der Waals surface area (Å²) < 4.78 is 53.5. The lowest BCUT2D eigenvalue weighted by atomic mass is 10.2. The van der Waals surface area contributed by atoms with Gasteiger partial charge in [-0.15, -0.1) is 5.10 Å². The molecule has 4 rings (SSSR count). The summed E-state index contributed by atoms with van der Waals surface area (Å²) in [7, 11) is 0. The lowest BCUT2D eigenvalue weighted by molar-refractivity contribution is -0.153.